The van der Waals surface area contributed by atoms with E-state index in [4.69, 9.17) is 17.2 Å². The van der Waals surface area contributed by atoms with Crippen molar-refractivity contribution in [2.24, 2.45) is 23.1 Å². The normalized spacial score (nSPS) is 15.6. The zero-order chi connectivity index (χ0) is 25.2. The van der Waals surface area contributed by atoms with Crippen molar-refractivity contribution in [1.82, 2.24) is 16.0 Å². The summed E-state index contributed by atoms with van der Waals surface area (Å²) in [5.41, 5.74) is 15.8. The molecule has 0 rings (SSSR count). The van der Waals surface area contributed by atoms with Crippen molar-refractivity contribution in [3.8, 4) is 0 Å². The lowest BCUT2D eigenvalue weighted by Crippen LogP contribution is -2.60. The van der Waals surface area contributed by atoms with E-state index in [9.17, 15) is 39.0 Å². The molecule has 0 aliphatic heterocycles. The highest BCUT2D eigenvalue weighted by Crippen LogP contribution is 2.04. The predicted octanol–water partition coefficient (Wildman–Crippen LogP) is -3.97. The van der Waals surface area contributed by atoms with Crippen LogP contribution in [0.4, 0.5) is 0 Å². The molecule has 5 amide bonds. The number of nitrogens with one attached hydrogen (secondary N) is 3. The molecule has 0 aromatic rings. The number of hydrogen-bond donors (Lipinski definition) is 8. The number of carbonyl (C=O) groups excluding carboxylic acids is 5. The second-order valence-corrected chi connectivity index (χ2v) is 7.63. The number of amides is 5. The second kappa shape index (κ2) is 13.2. The number of carbonyl (C=O) groups is 6. The third-order valence-corrected chi connectivity index (χ3v) is 4.42. The molecule has 0 heterocycles. The van der Waals surface area contributed by atoms with E-state index in [0.717, 1.165) is 6.92 Å². The van der Waals surface area contributed by atoms with Crippen molar-refractivity contribution in [2.45, 2.75) is 70.3 Å². The Morgan fingerprint density at radius 1 is 0.812 bits per heavy atom. The van der Waals surface area contributed by atoms with Crippen LogP contribution in [0.5, 0.6) is 0 Å². The maximum atomic E-state index is 12.6. The Morgan fingerprint density at radius 3 is 1.75 bits per heavy atom. The Hall–Kier alpha value is -3.26. The first-order valence-corrected chi connectivity index (χ1v) is 9.81. The summed E-state index contributed by atoms with van der Waals surface area (Å²) in [5, 5.41) is 25.6. The van der Waals surface area contributed by atoms with Crippen molar-refractivity contribution in [1.29, 1.82) is 0 Å². The number of aliphatic hydroxyl groups is 1. The maximum absolute atomic E-state index is 12.6. The van der Waals surface area contributed by atoms with Gasteiger partial charge in [0.15, 0.2) is 0 Å². The van der Waals surface area contributed by atoms with Gasteiger partial charge in [0.1, 0.15) is 18.1 Å². The van der Waals surface area contributed by atoms with Crippen LogP contribution in [0, 0.1) is 5.92 Å². The first-order chi connectivity index (χ1) is 14.7. The molecule has 182 valence electrons. The van der Waals surface area contributed by atoms with Gasteiger partial charge < -0.3 is 43.4 Å². The van der Waals surface area contributed by atoms with E-state index in [1.165, 1.54) is 0 Å². The number of carboxylic acid groups (broad SMARTS) is 1. The van der Waals surface area contributed by atoms with Crippen LogP contribution in [0.25, 0.3) is 0 Å². The summed E-state index contributed by atoms with van der Waals surface area (Å²) < 4.78 is 0. The van der Waals surface area contributed by atoms with Gasteiger partial charge in [-0.2, -0.15) is 0 Å². The molecular formula is C18H32N6O8. The summed E-state index contributed by atoms with van der Waals surface area (Å²) in [7, 11) is 0. The van der Waals surface area contributed by atoms with Crippen LogP contribution in [-0.4, -0.2) is 76.0 Å². The minimum Gasteiger partial charge on any atom is -0.480 e. The zero-order valence-electron chi connectivity index (χ0n) is 18.2. The molecule has 0 saturated heterocycles. The Balaban J connectivity index is 5.45. The molecule has 5 unspecified atom stereocenters. The fourth-order valence-corrected chi connectivity index (χ4v) is 2.45. The van der Waals surface area contributed by atoms with Gasteiger partial charge in [0.2, 0.25) is 29.5 Å². The summed E-state index contributed by atoms with van der Waals surface area (Å²) >= 11 is 0. The predicted molar refractivity (Wildman–Crippen MR) is 110 cm³/mol. The topological polar surface area (TPSA) is 257 Å². The highest BCUT2D eigenvalue weighted by molar-refractivity contribution is 5.96. The lowest BCUT2D eigenvalue weighted by Gasteiger charge is -2.26. The molecule has 0 fully saturated rings. The highest BCUT2D eigenvalue weighted by Gasteiger charge is 2.33. The second-order valence-electron chi connectivity index (χ2n) is 7.63. The first-order valence-electron chi connectivity index (χ1n) is 9.81. The quantitative estimate of drug-likeness (QED) is 0.125. The summed E-state index contributed by atoms with van der Waals surface area (Å²) in [4.78, 5) is 70.8. The first kappa shape index (κ1) is 28.7. The average molecular weight is 460 g/mol. The minimum atomic E-state index is -1.65. The van der Waals surface area contributed by atoms with E-state index < -0.39 is 72.2 Å². The van der Waals surface area contributed by atoms with Gasteiger partial charge in [-0.15, -0.1) is 0 Å². The monoisotopic (exact) mass is 460 g/mol. The number of rotatable bonds is 14. The molecule has 0 aliphatic carbocycles. The van der Waals surface area contributed by atoms with Gasteiger partial charge in [0.25, 0.3) is 0 Å². The number of carboxylic acids is 1. The van der Waals surface area contributed by atoms with Crippen LogP contribution in [0.2, 0.25) is 0 Å². The fraction of sp³-hybridized carbons (Fsp3) is 0.667. The van der Waals surface area contributed by atoms with Gasteiger partial charge in [0, 0.05) is 6.42 Å². The van der Waals surface area contributed by atoms with Crippen LogP contribution < -0.4 is 33.2 Å². The lowest BCUT2D eigenvalue weighted by molar-refractivity contribution is -0.143. The molecule has 0 aliphatic rings. The molecule has 14 heteroatoms. The maximum Gasteiger partial charge on any atom is 0.326 e. The molecule has 0 aromatic carbocycles. The van der Waals surface area contributed by atoms with Gasteiger partial charge >= 0.3 is 5.97 Å². The Bertz CT molecular complexity index is 726. The summed E-state index contributed by atoms with van der Waals surface area (Å²) in [6, 6.07) is -5.65. The summed E-state index contributed by atoms with van der Waals surface area (Å²) in [6.07, 6.45) is -2.75. The highest BCUT2D eigenvalue weighted by atomic mass is 16.4. The Morgan fingerprint density at radius 2 is 1.34 bits per heavy atom. The van der Waals surface area contributed by atoms with E-state index in [1.807, 2.05) is 0 Å². The van der Waals surface area contributed by atoms with Gasteiger partial charge in [-0.05, 0) is 19.3 Å². The number of aliphatic carboxylic acids is 1. The van der Waals surface area contributed by atoms with Crippen LogP contribution in [-0.2, 0) is 28.8 Å². The fourth-order valence-electron chi connectivity index (χ4n) is 2.45. The van der Waals surface area contributed by atoms with E-state index in [0.29, 0.717) is 0 Å². The molecule has 0 aromatic heterocycles. The minimum absolute atomic E-state index is 0.281. The number of aliphatic hydroxyl groups excluding tert-OH is 1. The standard InChI is InChI=1S/C18H32N6O8/c1-7(2)13(21)16(29)23-10(6-12(20)27)15(28)24-14(8(3)25)17(30)22-9(18(31)32)4-5-11(19)26/h7-10,13-14,25H,4-6,21H2,1-3H3,(H2,19,26)(H2,20,27)(H,22,30)(H,23,29)(H,24,28)(H,31,32). The molecule has 32 heavy (non-hydrogen) atoms. The molecule has 5 atom stereocenters. The molecule has 0 spiro atoms. The van der Waals surface area contributed by atoms with Gasteiger partial charge in [-0.25, -0.2) is 4.79 Å². The van der Waals surface area contributed by atoms with Gasteiger partial charge in [0.05, 0.1) is 18.6 Å². The Labute approximate surface area is 184 Å². The molecule has 0 radical (unpaired) electrons. The van der Waals surface area contributed by atoms with Crippen LogP contribution in [0.3, 0.4) is 0 Å². The van der Waals surface area contributed by atoms with E-state index in [-0.39, 0.29) is 18.8 Å². The van der Waals surface area contributed by atoms with Crippen molar-refractivity contribution < 1.29 is 39.0 Å². The molecular weight excluding hydrogens is 428 g/mol. The number of primary amides is 2. The molecule has 11 N–H and O–H groups in total. The van der Waals surface area contributed by atoms with Crippen molar-refractivity contribution >= 4 is 35.5 Å². The molecule has 0 saturated carbocycles. The van der Waals surface area contributed by atoms with Gasteiger partial charge in [-0.1, -0.05) is 13.8 Å². The van der Waals surface area contributed by atoms with Crippen molar-refractivity contribution in [3.63, 3.8) is 0 Å². The average Bonchev–Trinajstić information content (AvgIpc) is 2.66. The zero-order valence-corrected chi connectivity index (χ0v) is 18.2. The third-order valence-electron chi connectivity index (χ3n) is 4.42. The number of nitrogens with two attached hydrogens (primary N) is 3. The lowest BCUT2D eigenvalue weighted by atomic mass is 10.0. The van der Waals surface area contributed by atoms with Crippen molar-refractivity contribution in [2.75, 3.05) is 0 Å². The van der Waals surface area contributed by atoms with E-state index in [1.54, 1.807) is 13.8 Å². The largest absolute Gasteiger partial charge is 0.480 e. The SMILES string of the molecule is CC(C)C(N)C(=O)NC(CC(N)=O)C(=O)NC(C(=O)NC(CCC(N)=O)C(=O)O)C(C)O. The third kappa shape index (κ3) is 10.2. The van der Waals surface area contributed by atoms with E-state index in [2.05, 4.69) is 16.0 Å². The van der Waals surface area contributed by atoms with Crippen LogP contribution in [0.15, 0.2) is 0 Å². The number of hydrogen-bond acceptors (Lipinski definition) is 8. The summed E-state index contributed by atoms with van der Waals surface area (Å²) in [6.45, 7) is 4.48. The van der Waals surface area contributed by atoms with E-state index >= 15 is 0 Å². The Kier molecular flexibility index (Phi) is 11.9. The van der Waals surface area contributed by atoms with Crippen LogP contribution in [0.1, 0.15) is 40.0 Å². The molecule has 0 bridgehead atoms. The molecule has 14 nitrogen and oxygen atoms in total. The van der Waals surface area contributed by atoms with Gasteiger partial charge in [-0.3, -0.25) is 24.0 Å². The smallest absolute Gasteiger partial charge is 0.326 e. The van der Waals surface area contributed by atoms with Crippen LogP contribution >= 0.6 is 0 Å². The van der Waals surface area contributed by atoms with Crippen molar-refractivity contribution in [3.05, 3.63) is 0 Å². The summed E-state index contributed by atoms with van der Waals surface area (Å²) in [5.74, 6) is -6.30.